The number of rotatable bonds is 6. The number of fused-ring (bicyclic) bond motifs is 3. The van der Waals surface area contributed by atoms with Crippen LogP contribution in [-0.4, -0.2) is 52.0 Å². The van der Waals surface area contributed by atoms with Gasteiger partial charge >= 0.3 is 5.97 Å². The first-order valence-electron chi connectivity index (χ1n) is 9.96. The van der Waals surface area contributed by atoms with Crippen molar-refractivity contribution in [1.29, 1.82) is 0 Å². The molecule has 6 heteroatoms. The van der Waals surface area contributed by atoms with E-state index >= 15 is 0 Å². The number of anilines is 1. The fraction of sp³-hybridized carbons (Fsp3) is 0.364. The topological polar surface area (TPSA) is 66.1 Å². The van der Waals surface area contributed by atoms with Crippen molar-refractivity contribution in [3.63, 3.8) is 0 Å². The van der Waals surface area contributed by atoms with Crippen molar-refractivity contribution in [3.05, 3.63) is 48.2 Å². The third-order valence-corrected chi connectivity index (χ3v) is 5.30. The molecule has 1 aromatic heterocycles. The Bertz CT molecular complexity index is 983. The number of ether oxygens (including phenoxy) is 2. The number of nitrogens with one attached hydrogen (secondary N) is 3. The number of hydrogen-bond acceptors (Lipinski definition) is 4. The lowest BCUT2D eigenvalue weighted by Gasteiger charge is -2.24. The summed E-state index contributed by atoms with van der Waals surface area (Å²) in [5.74, 6) is -0.310. The van der Waals surface area contributed by atoms with Crippen molar-refractivity contribution < 1.29 is 24.2 Å². The van der Waals surface area contributed by atoms with Crippen molar-refractivity contribution in [1.82, 2.24) is 0 Å². The summed E-state index contributed by atoms with van der Waals surface area (Å²) in [6.07, 6.45) is 1.76. The van der Waals surface area contributed by atoms with Crippen LogP contribution in [0.1, 0.15) is 17.3 Å². The van der Waals surface area contributed by atoms with Crippen molar-refractivity contribution in [2.45, 2.75) is 6.92 Å². The summed E-state index contributed by atoms with van der Waals surface area (Å²) in [5, 5.41) is 6.83. The number of hydrogen-bond donors (Lipinski definition) is 2. The molecule has 0 bridgehead atoms. The lowest BCUT2D eigenvalue weighted by atomic mass is 10.0. The third kappa shape index (κ3) is 3.79. The van der Waals surface area contributed by atoms with Crippen molar-refractivity contribution in [2.24, 2.45) is 0 Å². The molecule has 3 N–H and O–H groups in total. The van der Waals surface area contributed by atoms with Crippen LogP contribution < -0.4 is 15.2 Å². The Morgan fingerprint density at radius 3 is 2.82 bits per heavy atom. The van der Waals surface area contributed by atoms with Crippen molar-refractivity contribution in [2.75, 3.05) is 51.3 Å². The summed E-state index contributed by atoms with van der Waals surface area (Å²) >= 11 is 0. The standard InChI is InChI=1S/C22H25N3O3/c1-2-28-22(26)19-15-24-20-17-6-4-3-5-16(17)7-8-18(20)21(19)23-9-10-25-11-13-27-14-12-25/h3-8,15H,2,9-14H2,1H3,(H,23,24)/p+2. The molecule has 2 aromatic carbocycles. The quantitative estimate of drug-likeness (QED) is 0.499. The second-order valence-corrected chi connectivity index (χ2v) is 7.05. The van der Waals surface area contributed by atoms with E-state index in [0.29, 0.717) is 12.2 Å². The zero-order chi connectivity index (χ0) is 19.3. The van der Waals surface area contributed by atoms with Gasteiger partial charge in [-0.25, -0.2) is 9.78 Å². The van der Waals surface area contributed by atoms with Crippen LogP contribution in [0.2, 0.25) is 0 Å². The first-order chi connectivity index (χ1) is 13.8. The van der Waals surface area contributed by atoms with Crippen LogP contribution in [0.3, 0.4) is 0 Å². The number of aromatic amines is 1. The Morgan fingerprint density at radius 1 is 1.18 bits per heavy atom. The molecule has 0 unspecified atom stereocenters. The maximum atomic E-state index is 12.5. The molecule has 4 rings (SSSR count). The van der Waals surface area contributed by atoms with E-state index in [4.69, 9.17) is 9.47 Å². The van der Waals surface area contributed by atoms with Gasteiger partial charge in [0.05, 0.1) is 49.4 Å². The molecule has 0 aliphatic carbocycles. The minimum absolute atomic E-state index is 0.310. The monoisotopic (exact) mass is 381 g/mol. The van der Waals surface area contributed by atoms with Gasteiger partial charge in [0.15, 0.2) is 6.20 Å². The van der Waals surface area contributed by atoms with E-state index in [2.05, 4.69) is 34.6 Å². The predicted octanol–water partition coefficient (Wildman–Crippen LogP) is 1.31. The van der Waals surface area contributed by atoms with Gasteiger partial charge in [0.1, 0.15) is 18.7 Å². The number of carbonyl (C=O) groups is 1. The molecule has 6 nitrogen and oxygen atoms in total. The van der Waals surface area contributed by atoms with E-state index in [-0.39, 0.29) is 5.97 Å². The molecule has 1 fully saturated rings. The lowest BCUT2D eigenvalue weighted by molar-refractivity contribution is -0.906. The number of carbonyl (C=O) groups excluding carboxylic acids is 1. The molecule has 0 spiro atoms. The highest BCUT2D eigenvalue weighted by Gasteiger charge is 2.22. The van der Waals surface area contributed by atoms with E-state index < -0.39 is 0 Å². The number of H-pyrrole nitrogens is 1. The van der Waals surface area contributed by atoms with Crippen LogP contribution in [0.5, 0.6) is 0 Å². The average Bonchev–Trinajstić information content (AvgIpc) is 2.74. The lowest BCUT2D eigenvalue weighted by Crippen LogP contribution is -3.14. The fourth-order valence-electron chi connectivity index (χ4n) is 3.83. The minimum Gasteiger partial charge on any atom is -0.462 e. The van der Waals surface area contributed by atoms with Crippen molar-refractivity contribution in [3.8, 4) is 0 Å². The smallest absolute Gasteiger partial charge is 0.346 e. The Labute approximate surface area is 164 Å². The Hall–Kier alpha value is -2.70. The van der Waals surface area contributed by atoms with Gasteiger partial charge in [0.2, 0.25) is 5.52 Å². The molecule has 0 atom stereocenters. The van der Waals surface area contributed by atoms with Gasteiger partial charge in [-0.3, -0.25) is 0 Å². The number of esters is 1. The molecule has 2 heterocycles. The Kier molecular flexibility index (Phi) is 5.69. The van der Waals surface area contributed by atoms with E-state index in [1.54, 1.807) is 6.20 Å². The van der Waals surface area contributed by atoms with Crippen LogP contribution in [0, 0.1) is 0 Å². The van der Waals surface area contributed by atoms with Crippen LogP contribution in [-0.2, 0) is 9.47 Å². The fourth-order valence-corrected chi connectivity index (χ4v) is 3.83. The van der Waals surface area contributed by atoms with Crippen LogP contribution in [0.25, 0.3) is 21.7 Å². The predicted molar refractivity (Wildman–Crippen MR) is 109 cm³/mol. The van der Waals surface area contributed by atoms with Crippen molar-refractivity contribution >= 4 is 33.3 Å². The maximum absolute atomic E-state index is 12.5. The Morgan fingerprint density at radius 2 is 2.00 bits per heavy atom. The van der Waals surface area contributed by atoms with Gasteiger partial charge in [0.25, 0.3) is 0 Å². The van der Waals surface area contributed by atoms with Gasteiger partial charge in [-0.15, -0.1) is 0 Å². The average molecular weight is 381 g/mol. The molecule has 1 aliphatic heterocycles. The number of aromatic nitrogens is 1. The number of morpholine rings is 1. The van der Waals surface area contributed by atoms with Gasteiger partial charge < -0.3 is 19.7 Å². The van der Waals surface area contributed by atoms with Gasteiger partial charge in [0, 0.05) is 0 Å². The summed E-state index contributed by atoms with van der Waals surface area (Å²) < 4.78 is 10.7. The molecule has 146 valence electrons. The number of benzene rings is 2. The number of pyridine rings is 1. The highest BCUT2D eigenvalue weighted by molar-refractivity contribution is 6.11. The molecule has 1 saturated heterocycles. The molecular formula is C22H27N3O3+2. The molecular weight excluding hydrogens is 354 g/mol. The van der Waals surface area contributed by atoms with E-state index in [0.717, 1.165) is 61.4 Å². The zero-order valence-electron chi connectivity index (χ0n) is 16.2. The summed E-state index contributed by atoms with van der Waals surface area (Å²) in [7, 11) is 0. The number of quaternary nitrogens is 1. The third-order valence-electron chi connectivity index (χ3n) is 5.30. The second kappa shape index (κ2) is 8.54. The van der Waals surface area contributed by atoms with E-state index in [9.17, 15) is 4.79 Å². The van der Waals surface area contributed by atoms with E-state index in [1.807, 2.05) is 19.1 Å². The molecule has 0 radical (unpaired) electrons. The molecule has 28 heavy (non-hydrogen) atoms. The summed E-state index contributed by atoms with van der Waals surface area (Å²) in [6, 6.07) is 12.4. The highest BCUT2D eigenvalue weighted by atomic mass is 16.5. The molecule has 0 saturated carbocycles. The van der Waals surface area contributed by atoms with Gasteiger partial charge in [-0.05, 0) is 24.4 Å². The largest absolute Gasteiger partial charge is 0.462 e. The SMILES string of the molecule is CCOC(=O)c1c[nH+]c2c(ccc3ccccc32)c1NCC[NH+]1CCOCC1. The van der Waals surface area contributed by atoms with Gasteiger partial charge in [-0.1, -0.05) is 24.3 Å². The summed E-state index contributed by atoms with van der Waals surface area (Å²) in [5.41, 5.74) is 2.40. The first-order valence-corrected chi connectivity index (χ1v) is 9.96. The Balaban J connectivity index is 1.69. The second-order valence-electron chi connectivity index (χ2n) is 7.05. The summed E-state index contributed by atoms with van der Waals surface area (Å²) in [4.78, 5) is 17.4. The van der Waals surface area contributed by atoms with Crippen LogP contribution >= 0.6 is 0 Å². The molecule has 1 aliphatic rings. The first kappa shape index (κ1) is 18.7. The van der Waals surface area contributed by atoms with Gasteiger partial charge in [-0.2, -0.15) is 0 Å². The molecule has 0 amide bonds. The van der Waals surface area contributed by atoms with E-state index in [1.165, 1.54) is 10.3 Å². The van der Waals surface area contributed by atoms with Crippen LogP contribution in [0.4, 0.5) is 5.69 Å². The summed E-state index contributed by atoms with van der Waals surface area (Å²) in [6.45, 7) is 7.64. The normalized spacial score (nSPS) is 15.0. The minimum atomic E-state index is -0.310. The molecule has 3 aromatic rings. The zero-order valence-corrected chi connectivity index (χ0v) is 16.2. The van der Waals surface area contributed by atoms with Crippen LogP contribution in [0.15, 0.2) is 42.6 Å². The highest BCUT2D eigenvalue weighted by Crippen LogP contribution is 2.29. The maximum Gasteiger partial charge on any atom is 0.346 e.